The average Bonchev–Trinajstić information content (AvgIpc) is 3.26. The number of rotatable bonds is 7. The molecule has 6 nitrogen and oxygen atoms in total. The molecule has 1 amide bonds. The van der Waals surface area contributed by atoms with Crippen molar-refractivity contribution in [3.63, 3.8) is 0 Å². The number of carbonyl (C=O) groups is 4. The van der Waals surface area contributed by atoms with E-state index in [0.29, 0.717) is 27.4 Å². The Morgan fingerprint density at radius 3 is 2.24 bits per heavy atom. The van der Waals surface area contributed by atoms with Crippen LogP contribution in [0.15, 0.2) is 97.1 Å². The Balaban J connectivity index is 1.58. The predicted octanol–water partition coefficient (Wildman–Crippen LogP) is 6.23. The van der Waals surface area contributed by atoms with Gasteiger partial charge in [0.15, 0.2) is 5.78 Å². The average molecular weight is 524 g/mol. The molecular weight excluding hydrogens is 502 g/mol. The van der Waals surface area contributed by atoms with E-state index in [1.165, 1.54) is 0 Å². The predicted molar refractivity (Wildman–Crippen MR) is 144 cm³/mol. The van der Waals surface area contributed by atoms with Gasteiger partial charge in [-0.05, 0) is 47.9 Å². The van der Waals surface area contributed by atoms with Gasteiger partial charge in [0.05, 0.1) is 5.56 Å². The molecule has 0 saturated carbocycles. The van der Waals surface area contributed by atoms with E-state index in [0.717, 1.165) is 5.56 Å². The molecule has 0 unspecified atom stereocenters. The second kappa shape index (κ2) is 10.4. The molecule has 4 aromatic rings. The summed E-state index contributed by atoms with van der Waals surface area (Å²) >= 11 is 6.02. The number of cyclic esters (lactones) is 1. The molecule has 38 heavy (non-hydrogen) atoms. The normalized spacial score (nSPS) is 14.8. The molecule has 1 aliphatic heterocycles. The number of nitrogens with one attached hydrogen (secondary N) is 1. The molecule has 5 rings (SSSR count). The van der Waals surface area contributed by atoms with Gasteiger partial charge < -0.3 is 10.1 Å². The van der Waals surface area contributed by atoms with Crippen LogP contribution in [0.1, 0.15) is 37.9 Å². The first kappa shape index (κ1) is 25.1. The number of hydrogen-bond acceptors (Lipinski definition) is 5. The Morgan fingerprint density at radius 1 is 0.842 bits per heavy atom. The van der Waals surface area contributed by atoms with Crippen molar-refractivity contribution in [3.8, 4) is 11.1 Å². The number of esters is 1. The first-order chi connectivity index (χ1) is 18.3. The number of aryl methyl sites for hydroxylation is 1. The van der Waals surface area contributed by atoms with E-state index in [2.05, 4.69) is 5.32 Å². The zero-order valence-electron chi connectivity index (χ0n) is 20.3. The van der Waals surface area contributed by atoms with E-state index in [-0.39, 0.29) is 11.1 Å². The summed E-state index contributed by atoms with van der Waals surface area (Å²) in [6.07, 6.45) is -1.25. The molecule has 0 fully saturated rings. The van der Waals surface area contributed by atoms with Gasteiger partial charge in [-0.1, -0.05) is 84.4 Å². The number of fused-ring (bicyclic) bond motifs is 1. The minimum absolute atomic E-state index is 0.243. The molecule has 0 bridgehead atoms. The van der Waals surface area contributed by atoms with Crippen molar-refractivity contribution in [1.29, 1.82) is 0 Å². The third kappa shape index (κ3) is 4.74. The molecule has 1 aliphatic rings. The summed E-state index contributed by atoms with van der Waals surface area (Å²) in [6.45, 7) is 1.74. The summed E-state index contributed by atoms with van der Waals surface area (Å²) in [6, 6.07) is 27.5. The second-order valence-corrected chi connectivity index (χ2v) is 9.38. The van der Waals surface area contributed by atoms with Gasteiger partial charge in [-0.3, -0.25) is 14.4 Å². The molecular formula is C31H22ClNO5. The van der Waals surface area contributed by atoms with Crippen LogP contribution in [-0.2, 0) is 14.3 Å². The fourth-order valence-corrected chi connectivity index (χ4v) is 4.87. The molecule has 2 atom stereocenters. The van der Waals surface area contributed by atoms with E-state index in [1.807, 2.05) is 30.3 Å². The zero-order valence-corrected chi connectivity index (χ0v) is 21.1. The Morgan fingerprint density at radius 2 is 1.50 bits per heavy atom. The largest absolute Gasteiger partial charge is 0.453 e. The lowest BCUT2D eigenvalue weighted by atomic mass is 9.82. The number of ether oxygens (including phenoxy) is 1. The standard InChI is InChI=1S/C31H22ClNO5/c1-18-17-20(32)15-16-25(18)33-30(36)28(35)26(29-23-13-7-8-14-24(23)31(37)38-29)27(34)22-12-6-5-11-21(22)19-9-3-2-4-10-19/h2-17,26,29H,1H3,(H,33,36)/t26-,29+/m1/s1. The third-order valence-corrected chi connectivity index (χ3v) is 6.76. The molecule has 0 aliphatic carbocycles. The smallest absolute Gasteiger partial charge is 0.339 e. The third-order valence-electron chi connectivity index (χ3n) is 6.53. The van der Waals surface area contributed by atoms with Crippen LogP contribution in [0.2, 0.25) is 5.02 Å². The number of halogens is 1. The van der Waals surface area contributed by atoms with Crippen LogP contribution in [-0.4, -0.2) is 23.4 Å². The van der Waals surface area contributed by atoms with Gasteiger partial charge in [-0.25, -0.2) is 4.79 Å². The number of amides is 1. The van der Waals surface area contributed by atoms with Crippen LogP contribution in [0.4, 0.5) is 5.69 Å². The van der Waals surface area contributed by atoms with Crippen LogP contribution in [0.25, 0.3) is 11.1 Å². The lowest BCUT2D eigenvalue weighted by Crippen LogP contribution is -2.38. The highest BCUT2D eigenvalue weighted by Gasteiger charge is 2.46. The quantitative estimate of drug-likeness (QED) is 0.134. The van der Waals surface area contributed by atoms with Crippen molar-refractivity contribution in [2.24, 2.45) is 5.92 Å². The second-order valence-electron chi connectivity index (χ2n) is 8.94. The van der Waals surface area contributed by atoms with E-state index < -0.39 is 35.5 Å². The van der Waals surface area contributed by atoms with Crippen molar-refractivity contribution in [3.05, 3.63) is 124 Å². The first-order valence-electron chi connectivity index (χ1n) is 11.9. The fourth-order valence-electron chi connectivity index (χ4n) is 4.64. The SMILES string of the molecule is Cc1cc(Cl)ccc1NC(=O)C(=O)[C@@H](C(=O)c1ccccc1-c1ccccc1)[C@H]1OC(=O)c2ccccc21. The minimum atomic E-state index is -1.60. The van der Waals surface area contributed by atoms with E-state index >= 15 is 0 Å². The Bertz CT molecular complexity index is 1580. The van der Waals surface area contributed by atoms with Gasteiger partial charge in [0.1, 0.15) is 12.0 Å². The van der Waals surface area contributed by atoms with Crippen molar-refractivity contribution in [1.82, 2.24) is 0 Å². The number of anilines is 1. The molecule has 0 spiro atoms. The zero-order chi connectivity index (χ0) is 26.8. The maximum Gasteiger partial charge on any atom is 0.339 e. The number of benzene rings is 4. The monoisotopic (exact) mass is 523 g/mol. The van der Waals surface area contributed by atoms with Gasteiger partial charge in [0, 0.05) is 21.8 Å². The van der Waals surface area contributed by atoms with E-state index in [9.17, 15) is 19.2 Å². The Labute approximate surface area is 224 Å². The lowest BCUT2D eigenvalue weighted by Gasteiger charge is -2.22. The maximum atomic E-state index is 14.1. The topological polar surface area (TPSA) is 89.5 Å². The highest BCUT2D eigenvalue weighted by molar-refractivity contribution is 6.45. The number of hydrogen-bond donors (Lipinski definition) is 1. The molecule has 7 heteroatoms. The Hall–Kier alpha value is -4.55. The molecule has 0 radical (unpaired) electrons. The molecule has 188 valence electrons. The maximum absolute atomic E-state index is 14.1. The van der Waals surface area contributed by atoms with Gasteiger partial charge in [0.2, 0.25) is 5.78 Å². The lowest BCUT2D eigenvalue weighted by molar-refractivity contribution is -0.138. The summed E-state index contributed by atoms with van der Waals surface area (Å²) in [5, 5.41) is 3.07. The van der Waals surface area contributed by atoms with Gasteiger partial charge in [-0.15, -0.1) is 0 Å². The van der Waals surface area contributed by atoms with Crippen molar-refractivity contribution < 1.29 is 23.9 Å². The van der Waals surface area contributed by atoms with Gasteiger partial charge >= 0.3 is 5.97 Å². The molecule has 0 aromatic heterocycles. The van der Waals surface area contributed by atoms with Gasteiger partial charge in [-0.2, -0.15) is 0 Å². The molecule has 0 saturated heterocycles. The van der Waals surface area contributed by atoms with Crippen LogP contribution < -0.4 is 5.32 Å². The summed E-state index contributed by atoms with van der Waals surface area (Å²) < 4.78 is 5.57. The highest BCUT2D eigenvalue weighted by atomic mass is 35.5. The van der Waals surface area contributed by atoms with Crippen LogP contribution in [0.5, 0.6) is 0 Å². The number of carbonyl (C=O) groups excluding carboxylic acids is 4. The van der Waals surface area contributed by atoms with Crippen molar-refractivity contribution in [2.75, 3.05) is 5.32 Å². The fraction of sp³-hybridized carbons (Fsp3) is 0.0968. The van der Waals surface area contributed by atoms with Crippen molar-refractivity contribution in [2.45, 2.75) is 13.0 Å². The Kier molecular flexibility index (Phi) is 6.90. The highest BCUT2D eigenvalue weighted by Crippen LogP contribution is 2.39. The van der Waals surface area contributed by atoms with Crippen LogP contribution in [0, 0.1) is 12.8 Å². The summed E-state index contributed by atoms with van der Waals surface area (Å²) in [5.41, 5.74) is 3.29. The minimum Gasteiger partial charge on any atom is -0.453 e. The molecule has 4 aromatic carbocycles. The number of ketones is 2. The summed E-state index contributed by atoms with van der Waals surface area (Å²) in [5.74, 6) is -4.87. The van der Waals surface area contributed by atoms with Gasteiger partial charge in [0.25, 0.3) is 5.91 Å². The van der Waals surface area contributed by atoms with E-state index in [4.69, 9.17) is 16.3 Å². The van der Waals surface area contributed by atoms with Crippen LogP contribution >= 0.6 is 11.6 Å². The van der Waals surface area contributed by atoms with E-state index in [1.54, 1.807) is 73.7 Å². The number of Topliss-reactive ketones (excluding diaryl/α,β-unsaturated/α-hetero) is 2. The first-order valence-corrected chi connectivity index (χ1v) is 12.3. The molecule has 1 heterocycles. The van der Waals surface area contributed by atoms with Crippen LogP contribution in [0.3, 0.4) is 0 Å². The summed E-state index contributed by atoms with van der Waals surface area (Å²) in [7, 11) is 0. The summed E-state index contributed by atoms with van der Waals surface area (Å²) in [4.78, 5) is 53.8. The van der Waals surface area contributed by atoms with Crippen molar-refractivity contribution >= 4 is 40.7 Å². The molecule has 1 N–H and O–H groups in total.